The van der Waals surface area contributed by atoms with E-state index in [2.05, 4.69) is 15.5 Å². The Labute approximate surface area is 133 Å². The maximum atomic E-state index is 11.4. The van der Waals surface area contributed by atoms with Crippen LogP contribution in [0.3, 0.4) is 0 Å². The van der Waals surface area contributed by atoms with Gasteiger partial charge in [-0.2, -0.15) is 0 Å². The van der Waals surface area contributed by atoms with Gasteiger partial charge >= 0.3 is 0 Å². The summed E-state index contributed by atoms with van der Waals surface area (Å²) in [5.74, 6) is 0.236. The van der Waals surface area contributed by atoms with Gasteiger partial charge in [0.1, 0.15) is 11.3 Å². The first-order valence-corrected chi connectivity index (χ1v) is 7.35. The number of hydrogen-bond donors (Lipinski definition) is 1. The molecule has 23 heavy (non-hydrogen) atoms. The minimum Gasteiger partial charge on any atom is -0.326 e. The third kappa shape index (κ3) is 2.70. The number of nitroso groups, excluding NO2 is 1. The lowest BCUT2D eigenvalue weighted by molar-refractivity contribution is -0.115. The quantitative estimate of drug-likeness (QED) is 0.738. The van der Waals surface area contributed by atoms with Crippen LogP contribution in [0.4, 0.5) is 11.5 Å². The summed E-state index contributed by atoms with van der Waals surface area (Å²) in [6.07, 6.45) is 0.423. The number of nitrogens with one attached hydrogen (secondary N) is 1. The minimum absolute atomic E-state index is 0.0450. The van der Waals surface area contributed by atoms with Crippen LogP contribution in [0.5, 0.6) is 0 Å². The van der Waals surface area contributed by atoms with E-state index in [1.165, 1.54) is 0 Å². The van der Waals surface area contributed by atoms with Crippen LogP contribution in [-0.2, 0) is 4.79 Å². The first kappa shape index (κ1) is 14.9. The lowest BCUT2D eigenvalue weighted by Gasteiger charge is -2.04. The molecule has 3 rings (SSSR count). The largest absolute Gasteiger partial charge is 0.326 e. The molecule has 2 heterocycles. The van der Waals surface area contributed by atoms with E-state index in [9.17, 15) is 9.70 Å². The standard InChI is InChI=1S/C17H16N4O2/c1-3-15(22)18-13-9-7-12(8-10-13)16-17(20-23)21-11(2)5-4-6-14(21)19-16/h4-10H,3H2,1-2H3,(H,18,22). The van der Waals surface area contributed by atoms with Crippen LogP contribution < -0.4 is 5.32 Å². The number of pyridine rings is 1. The van der Waals surface area contributed by atoms with Crippen molar-refractivity contribution in [1.82, 2.24) is 9.38 Å². The summed E-state index contributed by atoms with van der Waals surface area (Å²) in [5, 5.41) is 5.95. The van der Waals surface area contributed by atoms with E-state index in [0.717, 1.165) is 11.3 Å². The van der Waals surface area contributed by atoms with Crippen LogP contribution in [-0.4, -0.2) is 15.3 Å². The van der Waals surface area contributed by atoms with Gasteiger partial charge in [0.25, 0.3) is 0 Å². The van der Waals surface area contributed by atoms with Gasteiger partial charge in [0, 0.05) is 23.4 Å². The van der Waals surface area contributed by atoms with Gasteiger partial charge in [-0.3, -0.25) is 9.20 Å². The topological polar surface area (TPSA) is 75.8 Å². The van der Waals surface area contributed by atoms with Crippen LogP contribution in [0, 0.1) is 11.8 Å². The number of benzene rings is 1. The van der Waals surface area contributed by atoms with Crippen molar-refractivity contribution in [2.24, 2.45) is 5.18 Å². The molecule has 116 valence electrons. The van der Waals surface area contributed by atoms with E-state index in [0.29, 0.717) is 23.4 Å². The van der Waals surface area contributed by atoms with Gasteiger partial charge in [-0.15, -0.1) is 4.91 Å². The molecule has 0 unspecified atom stereocenters. The SMILES string of the molecule is CCC(=O)Nc1ccc(-c2nc3cccc(C)n3c2N=O)cc1. The number of amides is 1. The molecule has 0 aliphatic rings. The molecular formula is C17H16N4O2. The number of hydrogen-bond acceptors (Lipinski definition) is 4. The molecule has 0 saturated heterocycles. The van der Waals surface area contributed by atoms with Crippen molar-refractivity contribution in [3.63, 3.8) is 0 Å². The highest BCUT2D eigenvalue weighted by atomic mass is 16.3. The Hall–Kier alpha value is -3.02. The van der Waals surface area contributed by atoms with Gasteiger partial charge in [0.15, 0.2) is 0 Å². The van der Waals surface area contributed by atoms with Gasteiger partial charge in [0.2, 0.25) is 11.7 Å². The second kappa shape index (κ2) is 6.00. The molecule has 3 aromatic rings. The van der Waals surface area contributed by atoms with Gasteiger partial charge in [0.05, 0.1) is 0 Å². The average molecular weight is 308 g/mol. The summed E-state index contributed by atoms with van der Waals surface area (Å²) in [4.78, 5) is 27.2. The molecule has 6 nitrogen and oxygen atoms in total. The number of carbonyl (C=O) groups excluding carboxylic acids is 1. The van der Waals surface area contributed by atoms with Gasteiger partial charge in [-0.25, -0.2) is 4.98 Å². The summed E-state index contributed by atoms with van der Waals surface area (Å²) in [7, 11) is 0. The number of imidazole rings is 1. The molecular weight excluding hydrogens is 292 g/mol. The summed E-state index contributed by atoms with van der Waals surface area (Å²) in [6.45, 7) is 3.70. The van der Waals surface area contributed by atoms with E-state index >= 15 is 0 Å². The smallest absolute Gasteiger partial charge is 0.224 e. The Morgan fingerprint density at radius 3 is 2.61 bits per heavy atom. The third-order valence-corrected chi connectivity index (χ3v) is 3.66. The third-order valence-electron chi connectivity index (χ3n) is 3.66. The van der Waals surface area contributed by atoms with E-state index in [-0.39, 0.29) is 11.7 Å². The summed E-state index contributed by atoms with van der Waals surface area (Å²) in [6, 6.07) is 12.8. The Bertz CT molecular complexity index is 881. The first-order valence-electron chi connectivity index (χ1n) is 7.35. The number of fused-ring (bicyclic) bond motifs is 1. The fourth-order valence-corrected chi connectivity index (χ4v) is 2.47. The molecule has 0 spiro atoms. The predicted molar refractivity (Wildman–Crippen MR) is 89.7 cm³/mol. The van der Waals surface area contributed by atoms with E-state index in [4.69, 9.17) is 0 Å². The van der Waals surface area contributed by atoms with Crippen molar-refractivity contribution in [3.05, 3.63) is 53.1 Å². The van der Waals surface area contributed by atoms with Crippen molar-refractivity contribution in [3.8, 4) is 11.3 Å². The molecule has 0 saturated carbocycles. The number of carbonyl (C=O) groups is 1. The van der Waals surface area contributed by atoms with E-state index in [1.807, 2.05) is 37.3 Å². The fraction of sp³-hybridized carbons (Fsp3) is 0.176. The number of nitrogens with zero attached hydrogens (tertiary/aromatic N) is 3. The average Bonchev–Trinajstić information content (AvgIpc) is 2.95. The summed E-state index contributed by atoms with van der Waals surface area (Å²) >= 11 is 0. The van der Waals surface area contributed by atoms with Crippen molar-refractivity contribution < 1.29 is 4.79 Å². The molecule has 1 aromatic carbocycles. The molecule has 2 aromatic heterocycles. The van der Waals surface area contributed by atoms with Crippen LogP contribution in [0.1, 0.15) is 19.0 Å². The van der Waals surface area contributed by atoms with Gasteiger partial charge < -0.3 is 5.32 Å². The molecule has 0 radical (unpaired) electrons. The number of anilines is 1. The van der Waals surface area contributed by atoms with Crippen molar-refractivity contribution >= 4 is 23.1 Å². The maximum Gasteiger partial charge on any atom is 0.224 e. The lowest BCUT2D eigenvalue weighted by atomic mass is 10.1. The first-order chi connectivity index (χ1) is 11.1. The molecule has 0 atom stereocenters. The summed E-state index contributed by atoms with van der Waals surface area (Å²) < 4.78 is 1.73. The zero-order chi connectivity index (χ0) is 16.4. The van der Waals surface area contributed by atoms with E-state index < -0.39 is 0 Å². The van der Waals surface area contributed by atoms with Crippen LogP contribution >= 0.6 is 0 Å². The second-order valence-electron chi connectivity index (χ2n) is 5.22. The van der Waals surface area contributed by atoms with Gasteiger partial charge in [-0.1, -0.05) is 25.1 Å². The highest BCUT2D eigenvalue weighted by Crippen LogP contribution is 2.32. The molecule has 0 aliphatic carbocycles. The van der Waals surface area contributed by atoms with Crippen molar-refractivity contribution in [2.45, 2.75) is 20.3 Å². The Morgan fingerprint density at radius 1 is 1.22 bits per heavy atom. The zero-order valence-electron chi connectivity index (χ0n) is 12.9. The monoisotopic (exact) mass is 308 g/mol. The summed E-state index contributed by atoms with van der Waals surface area (Å²) in [5.41, 5.74) is 3.58. The Morgan fingerprint density at radius 2 is 1.96 bits per heavy atom. The Balaban J connectivity index is 2.05. The normalized spacial score (nSPS) is 10.7. The van der Waals surface area contributed by atoms with Crippen molar-refractivity contribution in [1.29, 1.82) is 0 Å². The molecule has 1 N–H and O–H groups in total. The maximum absolute atomic E-state index is 11.4. The predicted octanol–water partition coefficient (Wildman–Crippen LogP) is 4.06. The fourth-order valence-electron chi connectivity index (χ4n) is 2.47. The molecule has 0 aliphatic heterocycles. The number of rotatable bonds is 4. The van der Waals surface area contributed by atoms with Crippen LogP contribution in [0.2, 0.25) is 0 Å². The molecule has 1 amide bonds. The molecule has 6 heteroatoms. The number of aryl methyl sites for hydroxylation is 1. The highest BCUT2D eigenvalue weighted by molar-refractivity contribution is 5.90. The second-order valence-corrected chi connectivity index (χ2v) is 5.22. The van der Waals surface area contributed by atoms with Gasteiger partial charge in [-0.05, 0) is 36.4 Å². The zero-order valence-corrected chi connectivity index (χ0v) is 12.9. The van der Waals surface area contributed by atoms with Crippen LogP contribution in [0.25, 0.3) is 16.9 Å². The highest BCUT2D eigenvalue weighted by Gasteiger charge is 2.16. The molecule has 0 fully saturated rings. The van der Waals surface area contributed by atoms with E-state index in [1.54, 1.807) is 23.5 Å². The lowest BCUT2D eigenvalue weighted by Crippen LogP contribution is -2.08. The van der Waals surface area contributed by atoms with Crippen LogP contribution in [0.15, 0.2) is 47.6 Å². The number of aromatic nitrogens is 2. The van der Waals surface area contributed by atoms with Crippen molar-refractivity contribution in [2.75, 3.05) is 5.32 Å². The minimum atomic E-state index is -0.0450. The molecule has 0 bridgehead atoms. The Kier molecular flexibility index (Phi) is 3.89.